The highest BCUT2D eigenvalue weighted by Crippen LogP contribution is 2.07. The standard InChI is InChI=1S/C10H18N/c1-2-3-4-5-8-11-9-6-7-10-11/h3-4H,1-2,5-10H2/b4-3+. The van der Waals surface area contributed by atoms with Crippen molar-refractivity contribution in [3.63, 3.8) is 0 Å². The molecule has 0 amide bonds. The first-order valence-corrected chi connectivity index (χ1v) is 4.60. The molecule has 1 heterocycles. The molecular formula is C10H18N. The highest BCUT2D eigenvalue weighted by atomic mass is 15.1. The summed E-state index contributed by atoms with van der Waals surface area (Å²) in [5.41, 5.74) is 0. The van der Waals surface area contributed by atoms with Gasteiger partial charge in [-0.2, -0.15) is 0 Å². The first kappa shape index (κ1) is 8.79. The molecule has 0 spiro atoms. The van der Waals surface area contributed by atoms with Crippen molar-refractivity contribution in [2.24, 2.45) is 0 Å². The van der Waals surface area contributed by atoms with Gasteiger partial charge in [0.1, 0.15) is 0 Å². The second-order valence-corrected chi connectivity index (χ2v) is 3.10. The molecule has 1 rings (SSSR count). The summed E-state index contributed by atoms with van der Waals surface area (Å²) in [5.74, 6) is 0. The van der Waals surface area contributed by atoms with Crippen LogP contribution in [-0.4, -0.2) is 24.5 Å². The van der Waals surface area contributed by atoms with E-state index in [1.807, 2.05) is 0 Å². The van der Waals surface area contributed by atoms with Crippen LogP contribution in [0.15, 0.2) is 12.2 Å². The van der Waals surface area contributed by atoms with Gasteiger partial charge < -0.3 is 4.90 Å². The topological polar surface area (TPSA) is 3.24 Å². The van der Waals surface area contributed by atoms with Gasteiger partial charge in [-0.1, -0.05) is 12.2 Å². The summed E-state index contributed by atoms with van der Waals surface area (Å²) in [6, 6.07) is 0. The maximum Gasteiger partial charge on any atom is 0.00159 e. The molecule has 0 N–H and O–H groups in total. The van der Waals surface area contributed by atoms with Crippen molar-refractivity contribution in [2.45, 2.75) is 25.7 Å². The first-order chi connectivity index (χ1) is 5.43. The zero-order valence-electron chi connectivity index (χ0n) is 7.26. The summed E-state index contributed by atoms with van der Waals surface area (Å²) < 4.78 is 0. The summed E-state index contributed by atoms with van der Waals surface area (Å²) in [5, 5.41) is 0. The molecule has 0 atom stereocenters. The van der Waals surface area contributed by atoms with E-state index in [0.29, 0.717) is 0 Å². The Morgan fingerprint density at radius 2 is 1.91 bits per heavy atom. The fourth-order valence-corrected chi connectivity index (χ4v) is 1.50. The van der Waals surface area contributed by atoms with Crippen LogP contribution in [0.4, 0.5) is 0 Å². The molecule has 1 radical (unpaired) electrons. The van der Waals surface area contributed by atoms with Gasteiger partial charge in [-0.3, -0.25) is 0 Å². The smallest absolute Gasteiger partial charge is 0.00159 e. The van der Waals surface area contributed by atoms with Gasteiger partial charge in [-0.05, 0) is 45.7 Å². The number of allylic oxidation sites excluding steroid dienone is 1. The van der Waals surface area contributed by atoms with E-state index >= 15 is 0 Å². The monoisotopic (exact) mass is 152 g/mol. The lowest BCUT2D eigenvalue weighted by Gasteiger charge is -2.11. The lowest BCUT2D eigenvalue weighted by Crippen LogP contribution is -2.19. The van der Waals surface area contributed by atoms with Crippen LogP contribution in [0.5, 0.6) is 0 Å². The van der Waals surface area contributed by atoms with E-state index < -0.39 is 0 Å². The van der Waals surface area contributed by atoms with Crippen molar-refractivity contribution in [3.05, 3.63) is 19.1 Å². The van der Waals surface area contributed by atoms with Crippen molar-refractivity contribution >= 4 is 0 Å². The quantitative estimate of drug-likeness (QED) is 0.558. The molecule has 0 aliphatic carbocycles. The average molecular weight is 152 g/mol. The van der Waals surface area contributed by atoms with Gasteiger partial charge in [0.25, 0.3) is 0 Å². The van der Waals surface area contributed by atoms with Crippen LogP contribution >= 0.6 is 0 Å². The third-order valence-corrected chi connectivity index (χ3v) is 2.14. The summed E-state index contributed by atoms with van der Waals surface area (Å²) in [6.07, 6.45) is 9.33. The number of hydrogen-bond donors (Lipinski definition) is 0. The Kier molecular flexibility index (Phi) is 4.29. The van der Waals surface area contributed by atoms with Crippen molar-refractivity contribution in [2.75, 3.05) is 19.6 Å². The van der Waals surface area contributed by atoms with Crippen molar-refractivity contribution in [3.8, 4) is 0 Å². The van der Waals surface area contributed by atoms with E-state index in [9.17, 15) is 0 Å². The van der Waals surface area contributed by atoms with Gasteiger partial charge in [-0.25, -0.2) is 0 Å². The largest absolute Gasteiger partial charge is 0.303 e. The fraction of sp³-hybridized carbons (Fsp3) is 0.700. The molecule has 1 nitrogen and oxygen atoms in total. The zero-order valence-corrected chi connectivity index (χ0v) is 7.26. The van der Waals surface area contributed by atoms with Gasteiger partial charge in [0.15, 0.2) is 0 Å². The van der Waals surface area contributed by atoms with Crippen LogP contribution in [0, 0.1) is 6.92 Å². The van der Waals surface area contributed by atoms with Crippen LogP contribution in [0.2, 0.25) is 0 Å². The molecule has 1 aliphatic rings. The van der Waals surface area contributed by atoms with E-state index in [-0.39, 0.29) is 0 Å². The van der Waals surface area contributed by atoms with E-state index in [2.05, 4.69) is 24.0 Å². The molecule has 0 aromatic carbocycles. The molecule has 0 aromatic heterocycles. The summed E-state index contributed by atoms with van der Waals surface area (Å²) in [7, 11) is 0. The van der Waals surface area contributed by atoms with E-state index in [0.717, 1.165) is 6.42 Å². The fourth-order valence-electron chi connectivity index (χ4n) is 1.50. The average Bonchev–Trinajstić information content (AvgIpc) is 2.50. The Labute approximate surface area is 70.1 Å². The van der Waals surface area contributed by atoms with E-state index in [1.54, 1.807) is 0 Å². The van der Waals surface area contributed by atoms with Crippen molar-refractivity contribution in [1.82, 2.24) is 4.90 Å². The summed E-state index contributed by atoms with van der Waals surface area (Å²) in [4.78, 5) is 2.54. The molecule has 0 bridgehead atoms. The molecule has 0 saturated carbocycles. The predicted octanol–water partition coefficient (Wildman–Crippen LogP) is 2.25. The zero-order chi connectivity index (χ0) is 7.94. The van der Waals surface area contributed by atoms with Crippen LogP contribution in [-0.2, 0) is 0 Å². The van der Waals surface area contributed by atoms with Gasteiger partial charge >= 0.3 is 0 Å². The highest BCUT2D eigenvalue weighted by molar-refractivity contribution is 4.83. The van der Waals surface area contributed by atoms with Crippen LogP contribution < -0.4 is 0 Å². The molecule has 11 heavy (non-hydrogen) atoms. The number of likely N-dealkylation sites (tertiary alicyclic amines) is 1. The minimum absolute atomic E-state index is 0.931. The molecular weight excluding hydrogens is 134 g/mol. The van der Waals surface area contributed by atoms with Gasteiger partial charge in [0, 0.05) is 6.54 Å². The molecule has 0 aromatic rings. The first-order valence-electron chi connectivity index (χ1n) is 4.60. The molecule has 0 unspecified atom stereocenters. The molecule has 1 aliphatic heterocycles. The Hall–Kier alpha value is -0.300. The van der Waals surface area contributed by atoms with Crippen LogP contribution in [0.3, 0.4) is 0 Å². The van der Waals surface area contributed by atoms with Crippen molar-refractivity contribution < 1.29 is 0 Å². The number of rotatable bonds is 4. The Morgan fingerprint density at radius 3 is 2.55 bits per heavy atom. The normalized spacial score (nSPS) is 20.1. The summed E-state index contributed by atoms with van der Waals surface area (Å²) >= 11 is 0. The lowest BCUT2D eigenvalue weighted by atomic mass is 10.3. The number of nitrogens with zero attached hydrogens (tertiary/aromatic N) is 1. The third kappa shape index (κ3) is 3.57. The van der Waals surface area contributed by atoms with Gasteiger partial charge in [0.2, 0.25) is 0 Å². The Balaban J connectivity index is 1.97. The summed E-state index contributed by atoms with van der Waals surface area (Å²) in [6.45, 7) is 7.64. The predicted molar refractivity (Wildman–Crippen MR) is 49.4 cm³/mol. The lowest BCUT2D eigenvalue weighted by molar-refractivity contribution is 0.346. The van der Waals surface area contributed by atoms with E-state index in [4.69, 9.17) is 0 Å². The highest BCUT2D eigenvalue weighted by Gasteiger charge is 2.08. The number of hydrogen-bond acceptors (Lipinski definition) is 1. The molecule has 1 fully saturated rings. The Morgan fingerprint density at radius 1 is 1.18 bits per heavy atom. The molecule has 63 valence electrons. The van der Waals surface area contributed by atoms with Crippen molar-refractivity contribution in [1.29, 1.82) is 0 Å². The maximum absolute atomic E-state index is 3.75. The molecule has 1 saturated heterocycles. The second-order valence-electron chi connectivity index (χ2n) is 3.10. The minimum atomic E-state index is 0.931. The molecule has 1 heteroatoms. The Bertz CT molecular complexity index is 112. The van der Waals surface area contributed by atoms with Gasteiger partial charge in [-0.15, -0.1) is 0 Å². The van der Waals surface area contributed by atoms with Gasteiger partial charge in [0.05, 0.1) is 0 Å². The van der Waals surface area contributed by atoms with Crippen LogP contribution in [0.1, 0.15) is 25.7 Å². The van der Waals surface area contributed by atoms with E-state index in [1.165, 1.54) is 38.9 Å². The maximum atomic E-state index is 3.75. The van der Waals surface area contributed by atoms with Crippen LogP contribution in [0.25, 0.3) is 0 Å². The third-order valence-electron chi connectivity index (χ3n) is 2.14. The SMILES string of the molecule is [CH2]C/C=C/CCN1CCCC1. The second kappa shape index (κ2) is 5.36. The minimum Gasteiger partial charge on any atom is -0.303 e.